The van der Waals surface area contributed by atoms with Gasteiger partial charge in [-0.05, 0) is 0 Å². The van der Waals surface area contributed by atoms with E-state index in [0.29, 0.717) is 0 Å². The molecule has 0 bridgehead atoms. The van der Waals surface area contributed by atoms with Gasteiger partial charge in [0.25, 0.3) is 0 Å². The molecule has 0 saturated carbocycles. The number of rotatable bonds is 0. The minimum atomic E-state index is 0. The van der Waals surface area contributed by atoms with Gasteiger partial charge in [0.2, 0.25) is 0 Å². The zero-order valence-corrected chi connectivity index (χ0v) is 10.8. The summed E-state index contributed by atoms with van der Waals surface area (Å²) in [6, 6.07) is 0. The van der Waals surface area contributed by atoms with Crippen molar-refractivity contribution in [3.63, 3.8) is 0 Å². The van der Waals surface area contributed by atoms with Crippen LogP contribution >= 0.6 is 0 Å². The van der Waals surface area contributed by atoms with Gasteiger partial charge in [0.05, 0.1) is 0 Å². The van der Waals surface area contributed by atoms with Gasteiger partial charge < -0.3 is 0 Å². The molecular formula is CoMoTaW. The second-order valence-corrected chi connectivity index (χ2v) is 0. The Labute approximate surface area is 80.1 Å². The normalized spacial score (nSPS) is 0. The molecule has 0 aliphatic heterocycles. The van der Waals surface area contributed by atoms with Gasteiger partial charge in [-0.3, -0.25) is 0 Å². The third-order valence-electron chi connectivity index (χ3n) is 0. The number of hydrogen-bond donors (Lipinski definition) is 0. The van der Waals surface area contributed by atoms with Crippen molar-refractivity contribution in [2.75, 3.05) is 0 Å². The monoisotopic (exact) mass is 522 g/mol. The van der Waals surface area contributed by atoms with Crippen molar-refractivity contribution in [1.29, 1.82) is 0 Å². The summed E-state index contributed by atoms with van der Waals surface area (Å²) in [5.74, 6) is 0. The van der Waals surface area contributed by atoms with Gasteiger partial charge in [-0.15, -0.1) is 0 Å². The van der Waals surface area contributed by atoms with E-state index in [0.717, 1.165) is 0 Å². The molecule has 0 rings (SSSR count). The maximum Gasteiger partial charge on any atom is 0 e. The van der Waals surface area contributed by atoms with Gasteiger partial charge in [0, 0.05) is 81.3 Å². The second-order valence-electron chi connectivity index (χ2n) is 0. The largest absolute Gasteiger partial charge is 0 e. The van der Waals surface area contributed by atoms with Crippen LogP contribution in [0.15, 0.2) is 0 Å². The van der Waals surface area contributed by atoms with Crippen LogP contribution in [0.1, 0.15) is 0 Å². The van der Waals surface area contributed by atoms with Crippen molar-refractivity contribution in [2.45, 2.75) is 0 Å². The SMILES string of the molecule is [Co].[Mo].[Ta].[W]. The van der Waals surface area contributed by atoms with Crippen LogP contribution in [0.5, 0.6) is 0 Å². The first-order valence-corrected chi connectivity index (χ1v) is 0. The van der Waals surface area contributed by atoms with E-state index in [-0.39, 0.29) is 81.3 Å². The molecule has 0 heterocycles. The molecule has 0 fully saturated rings. The molecule has 0 N–H and O–H groups in total. The smallest absolute Gasteiger partial charge is 0 e. The van der Waals surface area contributed by atoms with Crippen LogP contribution in [0, 0.1) is 0 Å². The molecule has 0 nitrogen and oxygen atoms in total. The summed E-state index contributed by atoms with van der Waals surface area (Å²) in [5.41, 5.74) is 0. The van der Waals surface area contributed by atoms with Crippen molar-refractivity contribution < 1.29 is 81.3 Å². The van der Waals surface area contributed by atoms with E-state index in [9.17, 15) is 0 Å². The first-order chi connectivity index (χ1) is 0. The van der Waals surface area contributed by atoms with Crippen LogP contribution in [-0.4, -0.2) is 0 Å². The van der Waals surface area contributed by atoms with E-state index in [4.69, 9.17) is 0 Å². The molecule has 0 aromatic rings. The van der Waals surface area contributed by atoms with Gasteiger partial charge in [0.15, 0.2) is 0 Å². The van der Waals surface area contributed by atoms with Gasteiger partial charge in [0.1, 0.15) is 0 Å². The molecule has 0 amide bonds. The van der Waals surface area contributed by atoms with Gasteiger partial charge in [-0.1, -0.05) is 0 Å². The first-order valence-electron chi connectivity index (χ1n) is 0. The van der Waals surface area contributed by atoms with Crippen LogP contribution in [0.2, 0.25) is 0 Å². The summed E-state index contributed by atoms with van der Waals surface area (Å²) in [5, 5.41) is 0. The predicted octanol–water partition coefficient (Wildman–Crippen LogP) is -0.0100. The molecule has 0 aromatic carbocycles. The van der Waals surface area contributed by atoms with Crippen molar-refractivity contribution >= 4 is 0 Å². The second kappa shape index (κ2) is 17.5. The topological polar surface area (TPSA) is 0 Å². The summed E-state index contributed by atoms with van der Waals surface area (Å²) in [7, 11) is 0. The molecule has 4 heavy (non-hydrogen) atoms. The molecule has 0 spiro atoms. The molecular weight excluding hydrogens is 520 g/mol. The maximum absolute atomic E-state index is 0. The van der Waals surface area contributed by atoms with Crippen molar-refractivity contribution in [3.05, 3.63) is 0 Å². The van der Waals surface area contributed by atoms with Crippen LogP contribution in [0.3, 0.4) is 0 Å². The molecule has 4 heteroatoms. The molecule has 0 aliphatic rings. The Morgan fingerprint density at radius 3 is 1.00 bits per heavy atom. The molecule has 0 atom stereocenters. The molecule has 0 unspecified atom stereocenters. The zero-order chi connectivity index (χ0) is 0. The fraction of sp³-hybridized carbons (Fsp3) is 0. The molecule has 0 saturated heterocycles. The van der Waals surface area contributed by atoms with E-state index in [1.807, 2.05) is 0 Å². The fourth-order valence-corrected chi connectivity index (χ4v) is 0. The Morgan fingerprint density at radius 2 is 1.00 bits per heavy atom. The van der Waals surface area contributed by atoms with Crippen molar-refractivity contribution in [2.24, 2.45) is 0 Å². The van der Waals surface area contributed by atoms with Crippen LogP contribution in [0.25, 0.3) is 0 Å². The Bertz CT molecular complexity index is 8.00. The standard InChI is InChI=1S/Co.Mo.Ta.W. The minimum Gasteiger partial charge on any atom is 0 e. The van der Waals surface area contributed by atoms with E-state index in [2.05, 4.69) is 0 Å². The Hall–Kier alpha value is 2.62. The number of hydrogen-bond acceptors (Lipinski definition) is 0. The fourth-order valence-electron chi connectivity index (χ4n) is 0. The summed E-state index contributed by atoms with van der Waals surface area (Å²) >= 11 is 0. The third-order valence-corrected chi connectivity index (χ3v) is 0. The van der Waals surface area contributed by atoms with Crippen LogP contribution < -0.4 is 0 Å². The predicted molar refractivity (Wildman–Crippen MR) is 0 cm³/mol. The average molecular weight is 520 g/mol. The quantitative estimate of drug-likeness (QED) is 0.395. The van der Waals surface area contributed by atoms with Gasteiger partial charge in [-0.25, -0.2) is 0 Å². The molecule has 0 aliphatic carbocycles. The van der Waals surface area contributed by atoms with Crippen LogP contribution in [-0.2, 0) is 81.3 Å². The Kier molecular flexibility index (Phi) is 133. The molecule has 2 radical (unpaired) electrons. The summed E-state index contributed by atoms with van der Waals surface area (Å²) < 4.78 is 0. The van der Waals surface area contributed by atoms with E-state index in [1.54, 1.807) is 0 Å². The zero-order valence-electron chi connectivity index (χ0n) is 1.60. The van der Waals surface area contributed by atoms with Crippen molar-refractivity contribution in [1.82, 2.24) is 0 Å². The van der Waals surface area contributed by atoms with E-state index < -0.39 is 0 Å². The van der Waals surface area contributed by atoms with Gasteiger partial charge in [-0.2, -0.15) is 0 Å². The summed E-state index contributed by atoms with van der Waals surface area (Å²) in [6.07, 6.45) is 0. The van der Waals surface area contributed by atoms with Crippen LogP contribution in [0.4, 0.5) is 0 Å². The van der Waals surface area contributed by atoms with E-state index in [1.165, 1.54) is 0 Å². The van der Waals surface area contributed by atoms with Gasteiger partial charge >= 0.3 is 0 Å². The first kappa shape index (κ1) is 30.4. The Balaban J connectivity index is 0. The third kappa shape index (κ3) is 8.82. The summed E-state index contributed by atoms with van der Waals surface area (Å²) in [4.78, 5) is 0. The Morgan fingerprint density at radius 1 is 1.00 bits per heavy atom. The molecule has 26 valence electrons. The van der Waals surface area contributed by atoms with Crippen molar-refractivity contribution in [3.8, 4) is 0 Å². The van der Waals surface area contributed by atoms with E-state index >= 15 is 0 Å². The minimum absolute atomic E-state index is 0. The molecule has 0 aromatic heterocycles. The summed E-state index contributed by atoms with van der Waals surface area (Å²) in [6.45, 7) is 0. The average Bonchev–Trinajstić information content (AvgIpc) is 0. The maximum atomic E-state index is 0.